The summed E-state index contributed by atoms with van der Waals surface area (Å²) in [7, 11) is -0.997. The Balaban J connectivity index is 2.58. The molecule has 0 unspecified atom stereocenters. The topological polar surface area (TPSA) is 92.8 Å². The van der Waals surface area contributed by atoms with Crippen LogP contribution in [0.1, 0.15) is 12.8 Å². The quantitative estimate of drug-likeness (QED) is 0.805. The predicted octanol–water partition coefficient (Wildman–Crippen LogP) is 0.257. The van der Waals surface area contributed by atoms with E-state index >= 15 is 0 Å². The van der Waals surface area contributed by atoms with Crippen molar-refractivity contribution in [1.29, 1.82) is 0 Å². The summed E-state index contributed by atoms with van der Waals surface area (Å²) >= 11 is 0. The highest BCUT2D eigenvalue weighted by molar-refractivity contribution is 7.89. The molecule has 1 N–H and O–H groups in total. The molecule has 1 aromatic carbocycles. The molecule has 0 radical (unpaired) electrons. The summed E-state index contributed by atoms with van der Waals surface area (Å²) in [5.41, 5.74) is 0.149. The van der Waals surface area contributed by atoms with E-state index in [-0.39, 0.29) is 41.0 Å². The minimum Gasteiger partial charge on any atom is -0.495 e. The normalized spacial score (nSPS) is 15.8. The summed E-state index contributed by atoms with van der Waals surface area (Å²) < 4.78 is 30.9. The largest absolute Gasteiger partial charge is 0.495 e. The molecule has 1 aliphatic rings. The van der Waals surface area contributed by atoms with Crippen LogP contribution in [-0.2, 0) is 19.6 Å². The van der Waals surface area contributed by atoms with Gasteiger partial charge >= 0.3 is 0 Å². The number of carbonyl (C=O) groups is 2. The van der Waals surface area contributed by atoms with Gasteiger partial charge in [0.2, 0.25) is 21.8 Å². The van der Waals surface area contributed by atoms with E-state index in [9.17, 15) is 18.0 Å². The smallest absolute Gasteiger partial charge is 0.240 e. The number of hydrogen-bond acceptors (Lipinski definition) is 5. The summed E-state index contributed by atoms with van der Waals surface area (Å²) in [4.78, 5) is 24.5. The van der Waals surface area contributed by atoms with Crippen LogP contribution in [0.5, 0.6) is 5.75 Å². The highest BCUT2D eigenvalue weighted by Crippen LogP contribution is 2.34. The van der Waals surface area contributed by atoms with Crippen molar-refractivity contribution in [3.8, 4) is 5.75 Å². The summed E-state index contributed by atoms with van der Waals surface area (Å²) in [5, 5.41) is 0. The molecule has 1 fully saturated rings. The van der Waals surface area contributed by atoms with Gasteiger partial charge in [-0.25, -0.2) is 18.0 Å². The monoisotopic (exact) mass is 298 g/mol. The molecule has 1 saturated heterocycles. The predicted molar refractivity (Wildman–Crippen MR) is 71.0 cm³/mol. The maximum absolute atomic E-state index is 11.8. The average Bonchev–Trinajstić information content (AvgIpc) is 2.77. The number of sulfonamides is 1. The zero-order valence-electron chi connectivity index (χ0n) is 11.0. The average molecular weight is 298 g/mol. The Morgan fingerprint density at radius 1 is 1.20 bits per heavy atom. The highest BCUT2D eigenvalue weighted by Gasteiger charge is 2.33. The fourth-order valence-corrected chi connectivity index (χ4v) is 2.72. The molecule has 1 aromatic rings. The Bertz CT molecular complexity index is 652. The van der Waals surface area contributed by atoms with E-state index in [1.165, 1.54) is 32.4 Å². The number of ether oxygens (including phenoxy) is 1. The molecular weight excluding hydrogens is 284 g/mol. The molecule has 1 aliphatic heterocycles. The summed E-state index contributed by atoms with van der Waals surface area (Å²) in [5.74, 6) is -0.469. The molecule has 2 amide bonds. The lowest BCUT2D eigenvalue weighted by Crippen LogP contribution is -2.29. The van der Waals surface area contributed by atoms with E-state index in [4.69, 9.17) is 4.74 Å². The third-order valence-electron chi connectivity index (χ3n) is 3.02. The Kier molecular flexibility index (Phi) is 3.78. The van der Waals surface area contributed by atoms with Gasteiger partial charge in [-0.15, -0.1) is 0 Å². The van der Waals surface area contributed by atoms with E-state index in [0.29, 0.717) is 0 Å². The Morgan fingerprint density at radius 2 is 1.80 bits per heavy atom. The lowest BCUT2D eigenvalue weighted by atomic mass is 10.2. The fourth-order valence-electron chi connectivity index (χ4n) is 1.97. The second-order valence-corrected chi connectivity index (χ2v) is 6.05. The second-order valence-electron chi connectivity index (χ2n) is 4.16. The van der Waals surface area contributed by atoms with Crippen LogP contribution in [0.15, 0.2) is 23.1 Å². The SMILES string of the molecule is CNS(=O)(=O)c1ccc(OC)c(N2C(=O)CCC2=O)c1. The summed E-state index contributed by atoms with van der Waals surface area (Å²) in [6, 6.07) is 4.02. The van der Waals surface area contributed by atoms with Crippen LogP contribution >= 0.6 is 0 Å². The van der Waals surface area contributed by atoms with Crippen molar-refractivity contribution in [2.45, 2.75) is 17.7 Å². The van der Waals surface area contributed by atoms with E-state index < -0.39 is 10.0 Å². The lowest BCUT2D eigenvalue weighted by molar-refractivity contribution is -0.121. The van der Waals surface area contributed by atoms with Gasteiger partial charge in [-0.3, -0.25) is 9.59 Å². The molecule has 20 heavy (non-hydrogen) atoms. The molecule has 0 bridgehead atoms. The van der Waals surface area contributed by atoms with Crippen LogP contribution in [-0.4, -0.2) is 34.4 Å². The van der Waals surface area contributed by atoms with Gasteiger partial charge in [-0.05, 0) is 25.2 Å². The van der Waals surface area contributed by atoms with Crippen molar-refractivity contribution in [3.63, 3.8) is 0 Å². The number of carbonyl (C=O) groups excluding carboxylic acids is 2. The first-order valence-corrected chi connectivity index (χ1v) is 7.36. The lowest BCUT2D eigenvalue weighted by Gasteiger charge is -2.18. The summed E-state index contributed by atoms with van der Waals surface area (Å²) in [6.45, 7) is 0. The van der Waals surface area contributed by atoms with Crippen LogP contribution in [0.4, 0.5) is 5.69 Å². The molecule has 0 aliphatic carbocycles. The van der Waals surface area contributed by atoms with E-state index in [2.05, 4.69) is 4.72 Å². The Hall–Kier alpha value is -1.93. The van der Waals surface area contributed by atoms with Crippen LogP contribution in [0, 0.1) is 0 Å². The standard InChI is InChI=1S/C12H14N2O5S/c1-13-20(17,18)8-3-4-10(19-2)9(7-8)14-11(15)5-6-12(14)16/h3-4,7,13H,5-6H2,1-2H3. The second kappa shape index (κ2) is 5.22. The third-order valence-corrected chi connectivity index (χ3v) is 4.43. The fraction of sp³-hybridized carbons (Fsp3) is 0.333. The maximum Gasteiger partial charge on any atom is 0.240 e. The number of amides is 2. The number of nitrogens with one attached hydrogen (secondary N) is 1. The van der Waals surface area contributed by atoms with Crippen molar-refractivity contribution < 1.29 is 22.7 Å². The number of imide groups is 1. The molecule has 8 heteroatoms. The third kappa shape index (κ3) is 2.39. The zero-order valence-corrected chi connectivity index (χ0v) is 11.9. The van der Waals surface area contributed by atoms with Crippen molar-refractivity contribution in [3.05, 3.63) is 18.2 Å². The number of anilines is 1. The van der Waals surface area contributed by atoms with Gasteiger partial charge in [0.15, 0.2) is 0 Å². The minimum absolute atomic E-state index is 0.0386. The molecule has 0 aromatic heterocycles. The van der Waals surface area contributed by atoms with Gasteiger partial charge in [-0.2, -0.15) is 0 Å². The molecule has 1 heterocycles. The molecule has 108 valence electrons. The van der Waals surface area contributed by atoms with Crippen molar-refractivity contribution >= 4 is 27.5 Å². The van der Waals surface area contributed by atoms with Crippen LogP contribution < -0.4 is 14.4 Å². The van der Waals surface area contributed by atoms with Gasteiger partial charge < -0.3 is 4.74 Å². The Morgan fingerprint density at radius 3 is 2.30 bits per heavy atom. The number of nitrogens with zero attached hydrogens (tertiary/aromatic N) is 1. The van der Waals surface area contributed by atoms with Crippen LogP contribution in [0.2, 0.25) is 0 Å². The molecule has 7 nitrogen and oxygen atoms in total. The van der Waals surface area contributed by atoms with Crippen molar-refractivity contribution in [1.82, 2.24) is 4.72 Å². The maximum atomic E-state index is 11.8. The van der Waals surface area contributed by atoms with Crippen LogP contribution in [0.25, 0.3) is 0 Å². The van der Waals surface area contributed by atoms with Gasteiger partial charge in [0, 0.05) is 12.8 Å². The van der Waals surface area contributed by atoms with Gasteiger partial charge in [0.1, 0.15) is 5.75 Å². The number of benzene rings is 1. The first-order chi connectivity index (χ1) is 9.40. The Labute approximate surface area is 116 Å². The first kappa shape index (κ1) is 14.5. The minimum atomic E-state index is -3.67. The molecule has 0 atom stereocenters. The number of rotatable bonds is 4. The first-order valence-electron chi connectivity index (χ1n) is 5.88. The highest BCUT2D eigenvalue weighted by atomic mass is 32.2. The summed E-state index contributed by atoms with van der Waals surface area (Å²) in [6.07, 6.45) is 0.232. The van der Waals surface area contributed by atoms with Gasteiger partial charge in [0.05, 0.1) is 17.7 Å². The van der Waals surface area contributed by atoms with E-state index in [0.717, 1.165) is 4.90 Å². The van der Waals surface area contributed by atoms with Gasteiger partial charge in [-0.1, -0.05) is 0 Å². The van der Waals surface area contributed by atoms with Gasteiger partial charge in [0.25, 0.3) is 0 Å². The van der Waals surface area contributed by atoms with E-state index in [1.54, 1.807) is 0 Å². The zero-order chi connectivity index (χ0) is 14.9. The molecular formula is C12H14N2O5S. The molecule has 0 saturated carbocycles. The molecule has 2 rings (SSSR count). The number of hydrogen-bond donors (Lipinski definition) is 1. The van der Waals surface area contributed by atoms with Crippen molar-refractivity contribution in [2.24, 2.45) is 0 Å². The van der Waals surface area contributed by atoms with Crippen LogP contribution in [0.3, 0.4) is 0 Å². The van der Waals surface area contributed by atoms with E-state index in [1.807, 2.05) is 0 Å². The molecule has 0 spiro atoms. The van der Waals surface area contributed by atoms with Crippen molar-refractivity contribution in [2.75, 3.05) is 19.1 Å². The number of methoxy groups -OCH3 is 1.